The average molecular weight is 614 g/mol. The lowest BCUT2D eigenvalue weighted by Gasteiger charge is -2.56. The van der Waals surface area contributed by atoms with Crippen molar-refractivity contribution in [3.63, 3.8) is 0 Å². The summed E-state index contributed by atoms with van der Waals surface area (Å²) in [6.45, 7) is 0.928. The maximum Gasteiger partial charge on any atom is 0.473 e. The first kappa shape index (κ1) is 28.5. The van der Waals surface area contributed by atoms with Crippen LogP contribution in [0.25, 0.3) is 0 Å². The smallest absolute Gasteiger partial charge is 0.473 e. The summed E-state index contributed by atoms with van der Waals surface area (Å²) in [6.07, 6.45) is 7.39. The molecule has 1 unspecified atom stereocenters. The Morgan fingerprint density at radius 1 is 0.909 bits per heavy atom. The zero-order valence-corrected chi connectivity index (χ0v) is 26.2. The molecule has 3 aromatic carbocycles. The number of ether oxygens (including phenoxy) is 2. The molecule has 8 rings (SSSR count). The molecule has 0 amide bonds. The minimum Gasteiger partial charge on any atom is -0.493 e. The van der Waals surface area contributed by atoms with Crippen LogP contribution >= 0.6 is 7.82 Å². The SMILES string of the molecule is COc1ccc2c3c1O[C@H]1[C@@H](OP(=O)(O)OC4CCC(c5ccccc5)(c5ccccc5)CC4)C=C[C@H]4[C@@H](C2)N(C)CC[C@@]341. The molecule has 0 radical (unpaired) electrons. The lowest BCUT2D eigenvalue weighted by molar-refractivity contribution is -0.0495. The van der Waals surface area contributed by atoms with Gasteiger partial charge in [-0.05, 0) is 74.9 Å². The summed E-state index contributed by atoms with van der Waals surface area (Å²) in [7, 11) is -0.560. The van der Waals surface area contributed by atoms with Crippen molar-refractivity contribution in [2.24, 2.45) is 5.92 Å². The molecule has 1 saturated heterocycles. The third-order valence-corrected chi connectivity index (χ3v) is 12.4. The average Bonchev–Trinajstić information content (AvgIpc) is 3.40. The predicted octanol–water partition coefficient (Wildman–Crippen LogP) is 6.57. The third kappa shape index (κ3) is 4.28. The van der Waals surface area contributed by atoms with Gasteiger partial charge in [-0.15, -0.1) is 0 Å². The second kappa shape index (κ2) is 10.6. The number of benzene rings is 3. The molecule has 1 spiro atoms. The van der Waals surface area contributed by atoms with Crippen LogP contribution in [0, 0.1) is 5.92 Å². The Morgan fingerprint density at radius 3 is 2.25 bits per heavy atom. The first-order valence-electron chi connectivity index (χ1n) is 15.9. The van der Waals surface area contributed by atoms with Crippen LogP contribution in [-0.2, 0) is 30.9 Å². The summed E-state index contributed by atoms with van der Waals surface area (Å²) < 4.78 is 38.2. The van der Waals surface area contributed by atoms with Gasteiger partial charge in [0.1, 0.15) is 12.2 Å². The van der Waals surface area contributed by atoms with E-state index in [0.717, 1.165) is 38.0 Å². The number of piperidine rings is 1. The molecule has 3 aromatic rings. The fourth-order valence-electron chi connectivity index (χ4n) is 9.28. The number of rotatable bonds is 7. The number of nitrogens with zero attached hydrogens (tertiary/aromatic N) is 1. The first-order chi connectivity index (χ1) is 21.3. The highest BCUT2D eigenvalue weighted by atomic mass is 31.2. The van der Waals surface area contributed by atoms with Crippen LogP contribution in [0.2, 0.25) is 0 Å². The van der Waals surface area contributed by atoms with Gasteiger partial charge < -0.3 is 19.3 Å². The molecule has 8 heteroatoms. The van der Waals surface area contributed by atoms with Crippen molar-refractivity contribution in [2.45, 2.75) is 73.7 Å². The Kier molecular flexibility index (Phi) is 6.86. The molecule has 3 aliphatic carbocycles. The number of phosphoric ester groups is 1. The van der Waals surface area contributed by atoms with E-state index in [9.17, 15) is 9.46 Å². The van der Waals surface area contributed by atoms with Crippen molar-refractivity contribution in [2.75, 3.05) is 20.7 Å². The Balaban J connectivity index is 1.03. The van der Waals surface area contributed by atoms with Crippen molar-refractivity contribution >= 4 is 7.82 Å². The quantitative estimate of drug-likeness (QED) is 0.239. The van der Waals surface area contributed by atoms with Crippen LogP contribution in [0.3, 0.4) is 0 Å². The van der Waals surface area contributed by atoms with Gasteiger partial charge in [0.05, 0.1) is 13.2 Å². The van der Waals surface area contributed by atoms with E-state index in [4.69, 9.17) is 18.5 Å². The zero-order chi connectivity index (χ0) is 30.1. The highest BCUT2D eigenvalue weighted by Crippen LogP contribution is 2.64. The molecule has 7 nitrogen and oxygen atoms in total. The van der Waals surface area contributed by atoms with Crippen LogP contribution < -0.4 is 9.47 Å². The van der Waals surface area contributed by atoms with Crippen LogP contribution in [0.1, 0.15) is 54.4 Å². The summed E-state index contributed by atoms with van der Waals surface area (Å²) >= 11 is 0. The summed E-state index contributed by atoms with van der Waals surface area (Å²) in [5, 5.41) is 0. The second-order valence-electron chi connectivity index (χ2n) is 13.3. The van der Waals surface area contributed by atoms with Gasteiger partial charge in [-0.3, -0.25) is 9.05 Å². The number of hydrogen-bond acceptors (Lipinski definition) is 6. The van der Waals surface area contributed by atoms with Crippen molar-refractivity contribution in [3.05, 3.63) is 107 Å². The number of likely N-dealkylation sites (N-methyl/N-ethyl adjacent to an activating group) is 1. The number of likely N-dealkylation sites (tertiary alicyclic amines) is 1. The molecule has 2 bridgehead atoms. The molecular weight excluding hydrogens is 573 g/mol. The predicted molar refractivity (Wildman–Crippen MR) is 168 cm³/mol. The van der Waals surface area contributed by atoms with Gasteiger partial charge in [0, 0.05) is 28.4 Å². The first-order valence-corrected chi connectivity index (χ1v) is 17.4. The Labute approximate surface area is 259 Å². The molecule has 2 aliphatic heterocycles. The Morgan fingerprint density at radius 2 is 1.59 bits per heavy atom. The number of hydrogen-bond donors (Lipinski definition) is 1. The molecule has 1 saturated carbocycles. The zero-order valence-electron chi connectivity index (χ0n) is 25.3. The normalized spacial score (nSPS) is 31.5. The van der Waals surface area contributed by atoms with Crippen molar-refractivity contribution < 1.29 is 28.0 Å². The number of phosphoric acid groups is 1. The monoisotopic (exact) mass is 613 g/mol. The van der Waals surface area contributed by atoms with Crippen molar-refractivity contribution in [1.82, 2.24) is 4.90 Å². The molecule has 6 atom stereocenters. The molecule has 44 heavy (non-hydrogen) atoms. The maximum absolute atomic E-state index is 13.7. The Bertz CT molecular complexity index is 1580. The highest BCUT2D eigenvalue weighted by molar-refractivity contribution is 7.47. The fourth-order valence-corrected chi connectivity index (χ4v) is 10.4. The number of methoxy groups -OCH3 is 1. The van der Waals surface area contributed by atoms with Gasteiger partial charge in [0.25, 0.3) is 0 Å². The van der Waals surface area contributed by atoms with E-state index < -0.39 is 20.0 Å². The van der Waals surface area contributed by atoms with Gasteiger partial charge in [0.15, 0.2) is 11.5 Å². The minimum atomic E-state index is -4.41. The largest absolute Gasteiger partial charge is 0.493 e. The van der Waals surface area contributed by atoms with Gasteiger partial charge in [0.2, 0.25) is 0 Å². The molecule has 230 valence electrons. The van der Waals surface area contributed by atoms with Gasteiger partial charge >= 0.3 is 7.82 Å². The highest BCUT2D eigenvalue weighted by Gasteiger charge is 2.65. The van der Waals surface area contributed by atoms with E-state index in [1.165, 1.54) is 22.3 Å². The molecular formula is C36H40NO6P. The molecule has 1 N–H and O–H groups in total. The Hall–Kier alpha value is -2.93. The summed E-state index contributed by atoms with van der Waals surface area (Å²) in [5.74, 6) is 1.70. The van der Waals surface area contributed by atoms with Gasteiger partial charge in [-0.2, -0.15) is 0 Å². The maximum atomic E-state index is 13.7. The van der Waals surface area contributed by atoms with E-state index >= 15 is 0 Å². The van der Waals surface area contributed by atoms with E-state index in [-0.39, 0.29) is 22.9 Å². The van der Waals surface area contributed by atoms with Crippen LogP contribution in [0.5, 0.6) is 11.5 Å². The standard InChI is InChI=1S/C36H40NO6P/c1-37-22-21-36-28-14-16-31(34(36)41-33-30(40-2)15-13-24(32(33)36)23-29(28)37)43-44(38,39)42-27-17-19-35(20-18-27,25-9-5-3-6-10-25)26-11-7-4-8-12-26/h3-16,27-29,31,34H,17-23H2,1-2H3,(H,38,39)/t28-,29+,31-,34-,36-/m0/s1. The molecule has 5 aliphatic rings. The van der Waals surface area contributed by atoms with Gasteiger partial charge in [-0.1, -0.05) is 78.9 Å². The topological polar surface area (TPSA) is 77.5 Å². The summed E-state index contributed by atoms with van der Waals surface area (Å²) in [5.41, 5.74) is 4.53. The van der Waals surface area contributed by atoms with E-state index in [2.05, 4.69) is 72.6 Å². The second-order valence-corrected chi connectivity index (χ2v) is 14.6. The van der Waals surface area contributed by atoms with E-state index in [1.807, 2.05) is 24.3 Å². The molecule has 0 aromatic heterocycles. The van der Waals surface area contributed by atoms with Crippen molar-refractivity contribution in [3.8, 4) is 11.5 Å². The minimum absolute atomic E-state index is 0.158. The third-order valence-electron chi connectivity index (χ3n) is 11.3. The van der Waals surface area contributed by atoms with Crippen molar-refractivity contribution in [1.29, 1.82) is 0 Å². The van der Waals surface area contributed by atoms with E-state index in [0.29, 0.717) is 24.6 Å². The van der Waals surface area contributed by atoms with Gasteiger partial charge in [-0.25, -0.2) is 4.57 Å². The molecule has 2 fully saturated rings. The fraction of sp³-hybridized carbons (Fsp3) is 0.444. The van der Waals surface area contributed by atoms with Crippen LogP contribution in [-0.4, -0.2) is 54.8 Å². The lowest BCUT2D eigenvalue weighted by atomic mass is 9.53. The summed E-state index contributed by atoms with van der Waals surface area (Å²) in [4.78, 5) is 13.7. The lowest BCUT2D eigenvalue weighted by Crippen LogP contribution is -2.65. The summed E-state index contributed by atoms with van der Waals surface area (Å²) in [6, 6.07) is 25.7. The van der Waals surface area contributed by atoms with Crippen LogP contribution in [0.15, 0.2) is 84.9 Å². The van der Waals surface area contributed by atoms with Crippen LogP contribution in [0.4, 0.5) is 0 Å². The van der Waals surface area contributed by atoms with E-state index in [1.54, 1.807) is 7.11 Å². The molecule has 2 heterocycles.